The highest BCUT2D eigenvalue weighted by molar-refractivity contribution is 5.89. The van der Waals surface area contributed by atoms with E-state index in [1.165, 1.54) is 12.1 Å². The highest BCUT2D eigenvalue weighted by Gasteiger charge is 2.49. The van der Waals surface area contributed by atoms with Gasteiger partial charge in [0.1, 0.15) is 11.6 Å². The lowest BCUT2D eigenvalue weighted by Crippen LogP contribution is -2.38. The van der Waals surface area contributed by atoms with Crippen molar-refractivity contribution in [3.05, 3.63) is 59.9 Å². The summed E-state index contributed by atoms with van der Waals surface area (Å²) < 4.78 is 18.3. The van der Waals surface area contributed by atoms with Crippen molar-refractivity contribution in [3.63, 3.8) is 0 Å². The van der Waals surface area contributed by atoms with Crippen molar-refractivity contribution in [2.75, 3.05) is 32.1 Å². The van der Waals surface area contributed by atoms with Crippen LogP contribution in [0.15, 0.2) is 48.5 Å². The number of rotatable bonds is 3. The molecule has 3 atom stereocenters. The number of carbonyl (C=O) groups is 2. The minimum absolute atomic E-state index is 0.0440. The van der Waals surface area contributed by atoms with Gasteiger partial charge in [0.05, 0.1) is 13.2 Å². The average molecular weight is 397 g/mol. The first kappa shape index (κ1) is 19.2. The van der Waals surface area contributed by atoms with E-state index in [9.17, 15) is 14.0 Å². The number of anilines is 1. The summed E-state index contributed by atoms with van der Waals surface area (Å²) in [4.78, 5) is 28.6. The summed E-state index contributed by atoms with van der Waals surface area (Å²) in [5, 5.41) is 2.83. The Morgan fingerprint density at radius 1 is 1.03 bits per heavy atom. The van der Waals surface area contributed by atoms with Gasteiger partial charge in [0.25, 0.3) is 0 Å². The van der Waals surface area contributed by atoms with Crippen LogP contribution in [0.4, 0.5) is 14.9 Å². The molecule has 2 fully saturated rings. The van der Waals surface area contributed by atoms with Gasteiger partial charge < -0.3 is 19.9 Å². The second kappa shape index (κ2) is 7.73. The van der Waals surface area contributed by atoms with Crippen LogP contribution in [0.3, 0.4) is 0 Å². The third-order valence-electron chi connectivity index (χ3n) is 5.91. The van der Waals surface area contributed by atoms with Crippen molar-refractivity contribution in [1.29, 1.82) is 0 Å². The minimum atomic E-state index is -0.342. The van der Waals surface area contributed by atoms with Gasteiger partial charge in [-0.25, -0.2) is 9.18 Å². The molecule has 3 amide bonds. The Morgan fingerprint density at radius 3 is 2.34 bits per heavy atom. The van der Waals surface area contributed by atoms with E-state index in [1.54, 1.807) is 31.1 Å². The lowest BCUT2D eigenvalue weighted by atomic mass is 9.89. The maximum absolute atomic E-state index is 13.1. The quantitative estimate of drug-likeness (QED) is 0.862. The van der Waals surface area contributed by atoms with Gasteiger partial charge >= 0.3 is 6.03 Å². The van der Waals surface area contributed by atoms with Gasteiger partial charge in [0, 0.05) is 44.1 Å². The van der Waals surface area contributed by atoms with Crippen molar-refractivity contribution >= 4 is 17.6 Å². The molecule has 2 saturated heterocycles. The van der Waals surface area contributed by atoms with E-state index in [1.807, 2.05) is 29.2 Å². The van der Waals surface area contributed by atoms with Crippen LogP contribution in [0.2, 0.25) is 0 Å². The van der Waals surface area contributed by atoms with E-state index in [2.05, 4.69) is 5.32 Å². The van der Waals surface area contributed by atoms with Crippen molar-refractivity contribution in [1.82, 2.24) is 9.80 Å². The van der Waals surface area contributed by atoms with Crippen molar-refractivity contribution < 1.29 is 18.7 Å². The molecule has 0 saturated carbocycles. The summed E-state index contributed by atoms with van der Waals surface area (Å²) in [7, 11) is 1.62. The first-order valence-corrected chi connectivity index (χ1v) is 9.69. The molecule has 2 aromatic rings. The SMILES string of the molecule is COc1ccc([C@H]2[C@@H]3CN(C(=O)Nc4ccc(F)cc4)C[C@@H]3CN2C(C)=O)cc1. The molecule has 2 aliphatic rings. The molecule has 2 aliphatic heterocycles. The Balaban J connectivity index is 1.50. The van der Waals surface area contributed by atoms with E-state index >= 15 is 0 Å². The monoisotopic (exact) mass is 397 g/mol. The lowest BCUT2D eigenvalue weighted by Gasteiger charge is -2.29. The van der Waals surface area contributed by atoms with Gasteiger partial charge in [-0.05, 0) is 42.0 Å². The summed E-state index contributed by atoms with van der Waals surface area (Å²) in [6.07, 6.45) is 0. The van der Waals surface area contributed by atoms with Crippen molar-refractivity contribution in [2.45, 2.75) is 13.0 Å². The van der Waals surface area contributed by atoms with Crippen LogP contribution in [-0.2, 0) is 4.79 Å². The number of hydrogen-bond acceptors (Lipinski definition) is 3. The second-order valence-corrected chi connectivity index (χ2v) is 7.66. The first-order valence-electron chi connectivity index (χ1n) is 9.69. The molecule has 29 heavy (non-hydrogen) atoms. The fraction of sp³-hybridized carbons (Fsp3) is 0.364. The molecule has 0 aromatic heterocycles. The molecule has 1 N–H and O–H groups in total. The van der Waals surface area contributed by atoms with E-state index in [0.717, 1.165) is 11.3 Å². The topological polar surface area (TPSA) is 61.9 Å². The Bertz CT molecular complexity index is 901. The predicted octanol–water partition coefficient (Wildman–Crippen LogP) is 3.52. The van der Waals surface area contributed by atoms with Crippen LogP contribution < -0.4 is 10.1 Å². The molecular formula is C22H24FN3O3. The van der Waals surface area contributed by atoms with Gasteiger partial charge in [0.15, 0.2) is 0 Å². The number of amides is 3. The zero-order valence-corrected chi connectivity index (χ0v) is 16.5. The smallest absolute Gasteiger partial charge is 0.321 e. The van der Waals surface area contributed by atoms with Crippen molar-refractivity contribution in [2.24, 2.45) is 11.8 Å². The van der Waals surface area contributed by atoms with Gasteiger partial charge in [0.2, 0.25) is 5.91 Å². The summed E-state index contributed by atoms with van der Waals surface area (Å²) >= 11 is 0. The Kier molecular flexibility index (Phi) is 5.13. The standard InChI is InChI=1S/C22H24FN3O3/c1-14(27)26-12-16-11-25(22(28)24-18-7-5-17(23)6-8-18)13-20(16)21(26)15-3-9-19(29-2)10-4-15/h3-10,16,20-21H,11-13H2,1-2H3,(H,24,28)/t16-,20-,21+/m1/s1. The number of ether oxygens (including phenoxy) is 1. The molecule has 0 bridgehead atoms. The van der Waals surface area contributed by atoms with Crippen LogP contribution in [0.5, 0.6) is 5.75 Å². The van der Waals surface area contributed by atoms with Crippen LogP contribution in [0.25, 0.3) is 0 Å². The molecule has 152 valence electrons. The van der Waals surface area contributed by atoms with E-state index in [0.29, 0.717) is 25.3 Å². The number of hydrogen-bond donors (Lipinski definition) is 1. The molecule has 0 aliphatic carbocycles. The predicted molar refractivity (Wildman–Crippen MR) is 107 cm³/mol. The Morgan fingerprint density at radius 2 is 1.72 bits per heavy atom. The van der Waals surface area contributed by atoms with Crippen LogP contribution in [-0.4, -0.2) is 48.5 Å². The third-order valence-corrected chi connectivity index (χ3v) is 5.91. The van der Waals surface area contributed by atoms with E-state index in [4.69, 9.17) is 4.74 Å². The maximum atomic E-state index is 13.1. The summed E-state index contributed by atoms with van der Waals surface area (Å²) in [6.45, 7) is 3.39. The normalized spacial score (nSPS) is 23.1. The highest BCUT2D eigenvalue weighted by atomic mass is 19.1. The largest absolute Gasteiger partial charge is 0.497 e. The molecule has 4 rings (SSSR count). The minimum Gasteiger partial charge on any atom is -0.497 e. The van der Waals surface area contributed by atoms with Gasteiger partial charge in [-0.15, -0.1) is 0 Å². The number of nitrogens with one attached hydrogen (secondary N) is 1. The highest BCUT2D eigenvalue weighted by Crippen LogP contribution is 2.45. The summed E-state index contributed by atoms with van der Waals surface area (Å²) in [5.74, 6) is 0.869. The molecule has 0 unspecified atom stereocenters. The average Bonchev–Trinajstić information content (AvgIpc) is 3.28. The molecule has 7 heteroatoms. The molecule has 2 aromatic carbocycles. The number of urea groups is 1. The number of fused-ring (bicyclic) bond motifs is 1. The Hall–Kier alpha value is -3.09. The maximum Gasteiger partial charge on any atom is 0.321 e. The third kappa shape index (κ3) is 3.77. The summed E-state index contributed by atoms with van der Waals surface area (Å²) in [5.41, 5.74) is 1.61. The number of benzene rings is 2. The zero-order chi connectivity index (χ0) is 20.5. The van der Waals surface area contributed by atoms with E-state index < -0.39 is 0 Å². The lowest BCUT2D eigenvalue weighted by molar-refractivity contribution is -0.130. The number of halogens is 1. The van der Waals surface area contributed by atoms with Gasteiger partial charge in [-0.3, -0.25) is 4.79 Å². The van der Waals surface area contributed by atoms with Crippen LogP contribution >= 0.6 is 0 Å². The van der Waals surface area contributed by atoms with Crippen LogP contribution in [0, 0.1) is 17.7 Å². The molecule has 0 spiro atoms. The van der Waals surface area contributed by atoms with Crippen molar-refractivity contribution in [3.8, 4) is 5.75 Å². The van der Waals surface area contributed by atoms with Gasteiger partial charge in [-0.1, -0.05) is 12.1 Å². The molecular weight excluding hydrogens is 373 g/mol. The fourth-order valence-electron chi connectivity index (χ4n) is 4.50. The zero-order valence-electron chi connectivity index (χ0n) is 16.5. The summed E-state index contributed by atoms with van der Waals surface area (Å²) in [6, 6.07) is 13.2. The molecule has 6 nitrogen and oxygen atoms in total. The second-order valence-electron chi connectivity index (χ2n) is 7.66. The fourth-order valence-corrected chi connectivity index (χ4v) is 4.50. The number of methoxy groups -OCH3 is 1. The van der Waals surface area contributed by atoms with Gasteiger partial charge in [-0.2, -0.15) is 0 Å². The number of likely N-dealkylation sites (tertiary alicyclic amines) is 2. The Labute approximate surface area is 169 Å². The number of nitrogens with zero attached hydrogens (tertiary/aromatic N) is 2. The van der Waals surface area contributed by atoms with E-state index in [-0.39, 0.29) is 35.6 Å². The first-order chi connectivity index (χ1) is 14.0. The number of carbonyl (C=O) groups excluding carboxylic acids is 2. The van der Waals surface area contributed by atoms with Crippen LogP contribution in [0.1, 0.15) is 18.5 Å². The molecule has 2 heterocycles. The molecule has 0 radical (unpaired) electrons.